The summed E-state index contributed by atoms with van der Waals surface area (Å²) in [7, 11) is 3.22. The monoisotopic (exact) mass is 333 g/mol. The second kappa shape index (κ2) is 7.79. The first-order valence-corrected chi connectivity index (χ1v) is 9.45. The van der Waals surface area contributed by atoms with Crippen molar-refractivity contribution in [2.45, 2.75) is 18.7 Å². The summed E-state index contributed by atoms with van der Waals surface area (Å²) in [6.45, 7) is 6.27. The van der Waals surface area contributed by atoms with Gasteiger partial charge in [-0.05, 0) is 49.4 Å². The van der Waals surface area contributed by atoms with Crippen LogP contribution < -0.4 is 5.43 Å². The van der Waals surface area contributed by atoms with Gasteiger partial charge in [-0.15, -0.1) is 0 Å². The molecule has 5 heteroatoms. The van der Waals surface area contributed by atoms with Gasteiger partial charge in [0.2, 0.25) is 0 Å². The fraction of sp³-hybridized carbons (Fsp3) is 0.444. The van der Waals surface area contributed by atoms with E-state index in [0.717, 1.165) is 29.2 Å². The highest BCUT2D eigenvalue weighted by Gasteiger charge is 2.14. The minimum absolute atomic E-state index is 0.573. The van der Waals surface area contributed by atoms with Crippen LogP contribution in [0.25, 0.3) is 5.70 Å². The number of nitrogens with one attached hydrogen (secondary N) is 1. The molecule has 1 unspecified atom stereocenters. The first-order chi connectivity index (χ1) is 10.8. The molecule has 1 aromatic carbocycles. The van der Waals surface area contributed by atoms with E-state index in [1.165, 1.54) is 5.57 Å². The molecule has 0 fully saturated rings. The third-order valence-corrected chi connectivity index (χ3v) is 4.41. The van der Waals surface area contributed by atoms with Crippen LogP contribution in [0.2, 0.25) is 0 Å². The summed E-state index contributed by atoms with van der Waals surface area (Å²) in [6.07, 6.45) is 6.07. The van der Waals surface area contributed by atoms with Gasteiger partial charge in [-0.1, -0.05) is 26.0 Å². The molecule has 0 spiro atoms. The van der Waals surface area contributed by atoms with Gasteiger partial charge in [0, 0.05) is 41.2 Å². The van der Waals surface area contributed by atoms with E-state index < -0.39 is 10.8 Å². The fourth-order valence-electron chi connectivity index (χ4n) is 2.56. The lowest BCUT2D eigenvalue weighted by Gasteiger charge is -2.31. The molecular formula is C18H27N3OS. The molecule has 1 heterocycles. The van der Waals surface area contributed by atoms with Gasteiger partial charge in [0.05, 0.1) is 5.70 Å². The normalized spacial score (nSPS) is 16.2. The van der Waals surface area contributed by atoms with Gasteiger partial charge in [-0.2, -0.15) is 0 Å². The number of benzene rings is 1. The van der Waals surface area contributed by atoms with E-state index in [0.29, 0.717) is 5.92 Å². The predicted molar refractivity (Wildman–Crippen MR) is 98.1 cm³/mol. The molecule has 4 nitrogen and oxygen atoms in total. The largest absolute Gasteiger partial charge is 0.305 e. The number of rotatable bonds is 6. The van der Waals surface area contributed by atoms with Crippen LogP contribution in [0, 0.1) is 5.92 Å². The third-order valence-electron chi connectivity index (χ3n) is 3.47. The Hall–Kier alpha value is -1.59. The van der Waals surface area contributed by atoms with Crippen molar-refractivity contribution in [2.24, 2.45) is 5.92 Å². The SMILES string of the molecule is CC(C)CN1C=C(CN(C)C)C=C(c2ccc(S(C)=O)cc2)N1. The molecule has 0 saturated carbocycles. The summed E-state index contributed by atoms with van der Waals surface area (Å²) in [5, 5.41) is 2.16. The van der Waals surface area contributed by atoms with Crippen molar-refractivity contribution in [3.8, 4) is 0 Å². The first kappa shape index (κ1) is 17.8. The Morgan fingerprint density at radius 1 is 1.22 bits per heavy atom. The highest BCUT2D eigenvalue weighted by molar-refractivity contribution is 7.84. The summed E-state index contributed by atoms with van der Waals surface area (Å²) in [5.41, 5.74) is 6.94. The number of hydrogen-bond acceptors (Lipinski definition) is 4. The maximum Gasteiger partial charge on any atom is 0.0618 e. The highest BCUT2D eigenvalue weighted by atomic mass is 32.2. The molecule has 1 atom stereocenters. The maximum absolute atomic E-state index is 11.5. The van der Waals surface area contributed by atoms with Crippen LogP contribution in [0.3, 0.4) is 0 Å². The van der Waals surface area contributed by atoms with E-state index in [-0.39, 0.29) is 0 Å². The van der Waals surface area contributed by atoms with Crippen molar-refractivity contribution in [3.63, 3.8) is 0 Å². The molecule has 0 bridgehead atoms. The molecule has 1 N–H and O–H groups in total. The number of hydrogen-bond donors (Lipinski definition) is 1. The molecule has 0 radical (unpaired) electrons. The van der Waals surface area contributed by atoms with Crippen LogP contribution in [-0.2, 0) is 10.8 Å². The molecule has 0 saturated heterocycles. The van der Waals surface area contributed by atoms with E-state index >= 15 is 0 Å². The van der Waals surface area contributed by atoms with Crippen LogP contribution >= 0.6 is 0 Å². The zero-order valence-electron chi connectivity index (χ0n) is 14.7. The van der Waals surface area contributed by atoms with Crippen molar-refractivity contribution < 1.29 is 4.21 Å². The van der Waals surface area contributed by atoms with E-state index in [9.17, 15) is 4.21 Å². The molecule has 1 aliphatic heterocycles. The van der Waals surface area contributed by atoms with Crippen LogP contribution in [-0.4, -0.2) is 47.6 Å². The predicted octanol–water partition coefficient (Wildman–Crippen LogP) is 2.69. The highest BCUT2D eigenvalue weighted by Crippen LogP contribution is 2.21. The minimum Gasteiger partial charge on any atom is -0.305 e. The quantitative estimate of drug-likeness (QED) is 0.868. The maximum atomic E-state index is 11.5. The lowest BCUT2D eigenvalue weighted by molar-refractivity contribution is 0.279. The van der Waals surface area contributed by atoms with Gasteiger partial charge < -0.3 is 4.90 Å². The summed E-state index contributed by atoms with van der Waals surface area (Å²) in [5.74, 6) is 0.573. The van der Waals surface area contributed by atoms with Crippen molar-refractivity contribution in [1.82, 2.24) is 15.3 Å². The third kappa shape index (κ3) is 5.22. The van der Waals surface area contributed by atoms with Gasteiger partial charge in [0.1, 0.15) is 0 Å². The van der Waals surface area contributed by atoms with E-state index in [4.69, 9.17) is 0 Å². The van der Waals surface area contributed by atoms with Crippen molar-refractivity contribution in [1.29, 1.82) is 0 Å². The number of hydrazine groups is 1. The van der Waals surface area contributed by atoms with E-state index in [1.807, 2.05) is 24.3 Å². The lowest BCUT2D eigenvalue weighted by atomic mass is 10.1. The molecule has 2 rings (SSSR count). The molecule has 0 aromatic heterocycles. The zero-order valence-corrected chi connectivity index (χ0v) is 15.5. The molecular weight excluding hydrogens is 306 g/mol. The van der Waals surface area contributed by atoms with Crippen LogP contribution in [0.1, 0.15) is 19.4 Å². The van der Waals surface area contributed by atoms with Crippen LogP contribution in [0.15, 0.2) is 47.0 Å². The molecule has 1 aliphatic rings. The van der Waals surface area contributed by atoms with Crippen LogP contribution in [0.5, 0.6) is 0 Å². The molecule has 0 aliphatic carbocycles. The molecule has 1 aromatic rings. The Morgan fingerprint density at radius 2 is 1.87 bits per heavy atom. The van der Waals surface area contributed by atoms with Gasteiger partial charge in [-0.3, -0.25) is 14.6 Å². The summed E-state index contributed by atoms with van der Waals surface area (Å²) >= 11 is 0. The number of nitrogens with zero attached hydrogens (tertiary/aromatic N) is 2. The molecule has 23 heavy (non-hydrogen) atoms. The van der Waals surface area contributed by atoms with Gasteiger partial charge >= 0.3 is 0 Å². The fourth-order valence-corrected chi connectivity index (χ4v) is 3.08. The van der Waals surface area contributed by atoms with Gasteiger partial charge in [-0.25, -0.2) is 0 Å². The Morgan fingerprint density at radius 3 is 2.39 bits per heavy atom. The first-order valence-electron chi connectivity index (χ1n) is 7.89. The summed E-state index contributed by atoms with van der Waals surface area (Å²) in [4.78, 5) is 3.02. The van der Waals surface area contributed by atoms with Gasteiger partial charge in [0.15, 0.2) is 0 Å². The van der Waals surface area contributed by atoms with Crippen molar-refractivity contribution >= 4 is 16.5 Å². The topological polar surface area (TPSA) is 35.6 Å². The molecule has 0 amide bonds. The minimum atomic E-state index is -0.940. The second-order valence-electron chi connectivity index (χ2n) is 6.64. The molecule has 126 valence electrons. The smallest absolute Gasteiger partial charge is 0.0618 e. The Bertz CT molecular complexity index is 618. The average Bonchev–Trinajstić information content (AvgIpc) is 2.45. The Balaban J connectivity index is 2.26. The number of likely N-dealkylation sites (N-methyl/N-ethyl adjacent to an activating group) is 1. The van der Waals surface area contributed by atoms with Gasteiger partial charge in [0.25, 0.3) is 0 Å². The summed E-state index contributed by atoms with van der Waals surface area (Å²) in [6, 6.07) is 7.93. The lowest BCUT2D eigenvalue weighted by Crippen LogP contribution is -2.38. The second-order valence-corrected chi connectivity index (χ2v) is 8.02. The average molecular weight is 334 g/mol. The Labute approximate surface area is 142 Å². The summed E-state index contributed by atoms with van der Waals surface area (Å²) < 4.78 is 11.5. The standard InChI is InChI=1S/C18H27N3OS/c1-14(2)11-21-13-15(12-20(3)4)10-18(19-21)16-6-8-17(9-7-16)23(5)22/h6-10,13-14,19H,11-12H2,1-5H3. The zero-order chi connectivity index (χ0) is 17.0. The van der Waals surface area contributed by atoms with E-state index in [1.54, 1.807) is 6.26 Å². The van der Waals surface area contributed by atoms with E-state index in [2.05, 4.69) is 55.6 Å². The van der Waals surface area contributed by atoms with Crippen LogP contribution in [0.4, 0.5) is 0 Å². The Kier molecular flexibility index (Phi) is 6.02. The van der Waals surface area contributed by atoms with Crippen molar-refractivity contribution in [3.05, 3.63) is 47.7 Å². The van der Waals surface area contributed by atoms with Crippen molar-refractivity contribution in [2.75, 3.05) is 33.4 Å².